The molecule has 2 atom stereocenters. The van der Waals surface area contributed by atoms with Gasteiger partial charge in [-0.3, -0.25) is 4.79 Å². The summed E-state index contributed by atoms with van der Waals surface area (Å²) in [5, 5.41) is 9.46. The summed E-state index contributed by atoms with van der Waals surface area (Å²) in [6.07, 6.45) is 0.830. The molecule has 0 radical (unpaired) electrons. The summed E-state index contributed by atoms with van der Waals surface area (Å²) in [7, 11) is -3.23. The Labute approximate surface area is 117 Å². The van der Waals surface area contributed by atoms with Crippen LogP contribution in [0.2, 0.25) is 0 Å². The second kappa shape index (κ2) is 5.08. The lowest BCUT2D eigenvalue weighted by Crippen LogP contribution is -2.47. The second-order valence-electron chi connectivity index (χ2n) is 5.27. The highest BCUT2D eigenvalue weighted by atomic mass is 32.2. The first-order valence-corrected chi connectivity index (χ1v) is 8.09. The van der Waals surface area contributed by atoms with E-state index in [-0.39, 0.29) is 37.6 Å². The Bertz CT molecular complexity index is 542. The molecule has 0 aromatic rings. The number of likely N-dealkylation sites (tertiary alicyclic amines) is 1. The summed E-state index contributed by atoms with van der Waals surface area (Å²) >= 11 is 0. The van der Waals surface area contributed by atoms with Crippen LogP contribution in [0.5, 0.6) is 0 Å². The number of sulfone groups is 1. The average Bonchev–Trinajstić information content (AvgIpc) is 2.74. The number of hydrogen-bond donors (Lipinski definition) is 1. The van der Waals surface area contributed by atoms with Crippen LogP contribution in [0.15, 0.2) is 12.7 Å². The summed E-state index contributed by atoms with van der Waals surface area (Å²) in [5.41, 5.74) is -1.17. The molecule has 2 aliphatic heterocycles. The van der Waals surface area contributed by atoms with Gasteiger partial charge in [-0.1, -0.05) is 12.7 Å². The molecule has 0 bridgehead atoms. The monoisotopic (exact) mass is 303 g/mol. The van der Waals surface area contributed by atoms with E-state index in [2.05, 4.69) is 6.58 Å². The highest BCUT2D eigenvalue weighted by Crippen LogP contribution is 2.44. The van der Waals surface area contributed by atoms with E-state index in [0.29, 0.717) is 0 Å². The Balaban J connectivity index is 2.19. The Morgan fingerprint density at radius 2 is 2.20 bits per heavy atom. The van der Waals surface area contributed by atoms with Crippen molar-refractivity contribution in [3.05, 3.63) is 12.7 Å². The molecule has 20 heavy (non-hydrogen) atoms. The molecular weight excluding hydrogens is 286 g/mol. The minimum absolute atomic E-state index is 0.00149. The van der Waals surface area contributed by atoms with Crippen LogP contribution in [-0.2, 0) is 19.4 Å². The molecule has 0 aromatic heterocycles. The van der Waals surface area contributed by atoms with Gasteiger partial charge in [0.1, 0.15) is 6.61 Å². The third kappa shape index (κ3) is 2.52. The van der Waals surface area contributed by atoms with Gasteiger partial charge in [-0.25, -0.2) is 13.2 Å². The van der Waals surface area contributed by atoms with Gasteiger partial charge in [-0.2, -0.15) is 0 Å². The zero-order chi connectivity index (χ0) is 15.0. The standard InChI is InChI=1S/C12H17NO6S/c1-2-4-19-11(16)13-6-9-7-20(17,18)5-3-12(9,8-13)10(14)15/h2,9H,1,3-8H2,(H,14,15). The highest BCUT2D eigenvalue weighted by molar-refractivity contribution is 7.91. The number of fused-ring (bicyclic) bond motifs is 1. The number of ether oxygens (including phenoxy) is 1. The molecule has 2 heterocycles. The summed E-state index contributed by atoms with van der Waals surface area (Å²) in [6.45, 7) is 3.56. The topological polar surface area (TPSA) is 101 Å². The third-order valence-corrected chi connectivity index (χ3v) is 5.75. The van der Waals surface area contributed by atoms with E-state index in [0.717, 1.165) is 0 Å². The molecule has 8 heteroatoms. The predicted molar refractivity (Wildman–Crippen MR) is 69.9 cm³/mol. The SMILES string of the molecule is C=CCOC(=O)N1CC2CS(=O)(=O)CCC2(C(=O)O)C1. The van der Waals surface area contributed by atoms with Crippen molar-refractivity contribution < 1.29 is 27.9 Å². The maximum absolute atomic E-state index is 11.8. The van der Waals surface area contributed by atoms with E-state index >= 15 is 0 Å². The molecule has 2 aliphatic rings. The molecule has 2 rings (SSSR count). The molecule has 1 amide bonds. The number of hydrogen-bond acceptors (Lipinski definition) is 5. The summed E-state index contributed by atoms with van der Waals surface area (Å²) < 4.78 is 28.2. The van der Waals surface area contributed by atoms with Crippen molar-refractivity contribution in [2.75, 3.05) is 31.2 Å². The number of carbonyl (C=O) groups is 2. The normalized spacial score (nSPS) is 31.4. The molecule has 1 N–H and O–H groups in total. The first kappa shape index (κ1) is 14.8. The fourth-order valence-corrected chi connectivity index (χ4v) is 4.79. The molecule has 2 unspecified atom stereocenters. The van der Waals surface area contributed by atoms with Crippen molar-refractivity contribution >= 4 is 21.9 Å². The van der Waals surface area contributed by atoms with Crippen LogP contribution in [0, 0.1) is 11.3 Å². The zero-order valence-electron chi connectivity index (χ0n) is 10.9. The van der Waals surface area contributed by atoms with E-state index < -0.39 is 33.2 Å². The van der Waals surface area contributed by atoms with Gasteiger partial charge in [0.15, 0.2) is 9.84 Å². The largest absolute Gasteiger partial charge is 0.481 e. The maximum atomic E-state index is 11.8. The van der Waals surface area contributed by atoms with E-state index in [4.69, 9.17) is 4.74 Å². The van der Waals surface area contributed by atoms with Crippen molar-refractivity contribution in [1.82, 2.24) is 4.90 Å². The van der Waals surface area contributed by atoms with Gasteiger partial charge >= 0.3 is 12.1 Å². The van der Waals surface area contributed by atoms with Crippen LogP contribution in [0.4, 0.5) is 4.79 Å². The Hall–Kier alpha value is -1.57. The van der Waals surface area contributed by atoms with Gasteiger partial charge in [-0.05, 0) is 6.42 Å². The summed E-state index contributed by atoms with van der Waals surface area (Å²) in [6, 6.07) is 0. The van der Waals surface area contributed by atoms with Gasteiger partial charge < -0.3 is 14.7 Å². The van der Waals surface area contributed by atoms with Gasteiger partial charge in [-0.15, -0.1) is 0 Å². The lowest BCUT2D eigenvalue weighted by atomic mass is 9.76. The van der Waals surface area contributed by atoms with Crippen LogP contribution in [-0.4, -0.2) is 61.7 Å². The van der Waals surface area contributed by atoms with Crippen molar-refractivity contribution in [1.29, 1.82) is 0 Å². The van der Waals surface area contributed by atoms with E-state index in [1.54, 1.807) is 0 Å². The first-order valence-electron chi connectivity index (χ1n) is 6.27. The number of carbonyl (C=O) groups excluding carboxylic acids is 1. The smallest absolute Gasteiger partial charge is 0.410 e. The summed E-state index contributed by atoms with van der Waals surface area (Å²) in [4.78, 5) is 24.6. The Morgan fingerprint density at radius 1 is 1.50 bits per heavy atom. The minimum Gasteiger partial charge on any atom is -0.481 e. The first-order chi connectivity index (χ1) is 9.31. The van der Waals surface area contributed by atoms with Crippen LogP contribution in [0.1, 0.15) is 6.42 Å². The lowest BCUT2D eigenvalue weighted by Gasteiger charge is -2.33. The Morgan fingerprint density at radius 3 is 2.80 bits per heavy atom. The quantitative estimate of drug-likeness (QED) is 0.744. The second-order valence-corrected chi connectivity index (χ2v) is 7.50. The van der Waals surface area contributed by atoms with E-state index in [1.165, 1.54) is 11.0 Å². The van der Waals surface area contributed by atoms with Crippen molar-refractivity contribution in [3.8, 4) is 0 Å². The van der Waals surface area contributed by atoms with Crippen LogP contribution in [0.25, 0.3) is 0 Å². The maximum Gasteiger partial charge on any atom is 0.410 e. The number of carboxylic acid groups (broad SMARTS) is 1. The van der Waals surface area contributed by atoms with Crippen LogP contribution < -0.4 is 0 Å². The van der Waals surface area contributed by atoms with Crippen LogP contribution in [0.3, 0.4) is 0 Å². The number of amides is 1. The van der Waals surface area contributed by atoms with Gasteiger partial charge in [0, 0.05) is 19.0 Å². The van der Waals surface area contributed by atoms with Crippen molar-refractivity contribution in [3.63, 3.8) is 0 Å². The summed E-state index contributed by atoms with van der Waals surface area (Å²) in [5.74, 6) is -1.96. The van der Waals surface area contributed by atoms with Gasteiger partial charge in [0.2, 0.25) is 0 Å². The van der Waals surface area contributed by atoms with Crippen molar-refractivity contribution in [2.45, 2.75) is 6.42 Å². The molecular formula is C12H17NO6S. The van der Waals surface area contributed by atoms with Gasteiger partial charge in [0.05, 0.1) is 16.9 Å². The van der Waals surface area contributed by atoms with E-state index in [9.17, 15) is 23.1 Å². The predicted octanol–water partition coefficient (Wildman–Crippen LogP) is 0.130. The number of nitrogens with zero attached hydrogens (tertiary/aromatic N) is 1. The van der Waals surface area contributed by atoms with Gasteiger partial charge in [0.25, 0.3) is 0 Å². The zero-order valence-corrected chi connectivity index (χ0v) is 11.8. The fraction of sp³-hybridized carbons (Fsp3) is 0.667. The molecule has 0 saturated carbocycles. The molecule has 0 aliphatic carbocycles. The molecule has 0 aromatic carbocycles. The third-order valence-electron chi connectivity index (χ3n) is 4.02. The molecule has 7 nitrogen and oxygen atoms in total. The van der Waals surface area contributed by atoms with Crippen molar-refractivity contribution in [2.24, 2.45) is 11.3 Å². The minimum atomic E-state index is -3.23. The molecule has 2 fully saturated rings. The van der Waals surface area contributed by atoms with Crippen LogP contribution >= 0.6 is 0 Å². The molecule has 0 spiro atoms. The molecule has 2 saturated heterocycles. The Kier molecular flexibility index (Phi) is 3.77. The highest BCUT2D eigenvalue weighted by Gasteiger charge is 2.57. The fourth-order valence-electron chi connectivity index (χ4n) is 2.91. The molecule has 112 valence electrons. The van der Waals surface area contributed by atoms with E-state index in [1.807, 2.05) is 0 Å². The number of rotatable bonds is 3. The number of carboxylic acids is 1. The lowest BCUT2D eigenvalue weighted by molar-refractivity contribution is -0.150. The average molecular weight is 303 g/mol. The number of aliphatic carboxylic acids is 1.